The SMILES string of the molecule is Cn1ccnc1C(=O)c1cccc(-c2cnccn2)c1. The summed E-state index contributed by atoms with van der Waals surface area (Å²) in [7, 11) is 1.80. The molecule has 0 aliphatic carbocycles. The quantitative estimate of drug-likeness (QED) is 0.680. The van der Waals surface area contributed by atoms with Gasteiger partial charge in [-0.15, -0.1) is 0 Å². The Kier molecular flexibility index (Phi) is 3.09. The second kappa shape index (κ2) is 5.05. The van der Waals surface area contributed by atoms with Gasteiger partial charge in [0, 0.05) is 43.0 Å². The second-order valence-corrected chi connectivity index (χ2v) is 4.36. The van der Waals surface area contributed by atoms with Gasteiger partial charge < -0.3 is 4.57 Å². The van der Waals surface area contributed by atoms with E-state index in [4.69, 9.17) is 0 Å². The van der Waals surface area contributed by atoms with Crippen molar-refractivity contribution >= 4 is 5.78 Å². The van der Waals surface area contributed by atoms with E-state index in [1.54, 1.807) is 54.7 Å². The number of hydrogen-bond donors (Lipinski definition) is 0. The molecule has 5 nitrogen and oxygen atoms in total. The summed E-state index contributed by atoms with van der Waals surface area (Å²) in [5, 5.41) is 0. The summed E-state index contributed by atoms with van der Waals surface area (Å²) >= 11 is 0. The highest BCUT2D eigenvalue weighted by atomic mass is 16.1. The Bertz CT molecular complexity index is 749. The van der Waals surface area contributed by atoms with Crippen LogP contribution < -0.4 is 0 Å². The van der Waals surface area contributed by atoms with Crippen LogP contribution in [0.5, 0.6) is 0 Å². The van der Waals surface area contributed by atoms with Gasteiger partial charge in [-0.2, -0.15) is 0 Å². The largest absolute Gasteiger partial charge is 0.331 e. The molecule has 20 heavy (non-hydrogen) atoms. The molecular weight excluding hydrogens is 252 g/mol. The minimum Gasteiger partial charge on any atom is -0.331 e. The smallest absolute Gasteiger partial charge is 0.228 e. The summed E-state index contributed by atoms with van der Waals surface area (Å²) in [6.07, 6.45) is 8.28. The number of imidazole rings is 1. The Balaban J connectivity index is 2.00. The van der Waals surface area contributed by atoms with E-state index in [2.05, 4.69) is 15.0 Å². The molecule has 0 saturated carbocycles. The Labute approximate surface area is 116 Å². The first-order chi connectivity index (χ1) is 9.75. The lowest BCUT2D eigenvalue weighted by atomic mass is 10.0. The average molecular weight is 264 g/mol. The van der Waals surface area contributed by atoms with E-state index in [0.717, 1.165) is 11.3 Å². The van der Waals surface area contributed by atoms with Crippen molar-refractivity contribution in [1.29, 1.82) is 0 Å². The lowest BCUT2D eigenvalue weighted by Gasteiger charge is -2.04. The van der Waals surface area contributed by atoms with Crippen LogP contribution in [0.2, 0.25) is 0 Å². The molecular formula is C15H12N4O. The molecule has 0 spiro atoms. The maximum Gasteiger partial charge on any atom is 0.228 e. The van der Waals surface area contributed by atoms with E-state index >= 15 is 0 Å². The van der Waals surface area contributed by atoms with Crippen LogP contribution in [0.15, 0.2) is 55.2 Å². The number of ketones is 1. The maximum absolute atomic E-state index is 12.4. The molecule has 0 fully saturated rings. The van der Waals surface area contributed by atoms with Crippen molar-refractivity contribution in [1.82, 2.24) is 19.5 Å². The molecule has 2 aromatic heterocycles. The monoisotopic (exact) mass is 264 g/mol. The molecule has 0 aliphatic heterocycles. The van der Waals surface area contributed by atoms with E-state index in [1.807, 2.05) is 12.1 Å². The minimum absolute atomic E-state index is 0.108. The molecule has 3 rings (SSSR count). The molecule has 0 atom stereocenters. The number of aryl methyl sites for hydroxylation is 1. The van der Waals surface area contributed by atoms with Gasteiger partial charge in [0.05, 0.1) is 11.9 Å². The lowest BCUT2D eigenvalue weighted by Crippen LogP contribution is -2.08. The maximum atomic E-state index is 12.4. The van der Waals surface area contributed by atoms with E-state index in [0.29, 0.717) is 11.4 Å². The first kappa shape index (κ1) is 12.2. The van der Waals surface area contributed by atoms with Crippen molar-refractivity contribution in [2.75, 3.05) is 0 Å². The van der Waals surface area contributed by atoms with Crippen molar-refractivity contribution in [3.05, 3.63) is 66.6 Å². The highest BCUT2D eigenvalue weighted by molar-refractivity contribution is 6.07. The van der Waals surface area contributed by atoms with E-state index in [-0.39, 0.29) is 5.78 Å². The summed E-state index contributed by atoms with van der Waals surface area (Å²) in [6, 6.07) is 7.32. The molecule has 0 aliphatic rings. The zero-order valence-corrected chi connectivity index (χ0v) is 10.9. The predicted molar refractivity (Wildman–Crippen MR) is 74.1 cm³/mol. The Hall–Kier alpha value is -2.82. The third-order valence-corrected chi connectivity index (χ3v) is 3.01. The third kappa shape index (κ3) is 2.21. The van der Waals surface area contributed by atoms with Crippen LogP contribution in [0.3, 0.4) is 0 Å². The Morgan fingerprint density at radius 2 is 2.05 bits per heavy atom. The molecule has 0 N–H and O–H groups in total. The van der Waals surface area contributed by atoms with Gasteiger partial charge in [0.2, 0.25) is 5.78 Å². The van der Waals surface area contributed by atoms with E-state index in [1.165, 1.54) is 0 Å². The van der Waals surface area contributed by atoms with Gasteiger partial charge >= 0.3 is 0 Å². The zero-order valence-electron chi connectivity index (χ0n) is 10.9. The van der Waals surface area contributed by atoms with Crippen molar-refractivity contribution in [3.63, 3.8) is 0 Å². The van der Waals surface area contributed by atoms with Gasteiger partial charge in [0.1, 0.15) is 0 Å². The number of hydrogen-bond acceptors (Lipinski definition) is 4. The van der Waals surface area contributed by atoms with Crippen LogP contribution in [-0.4, -0.2) is 25.3 Å². The molecule has 0 radical (unpaired) electrons. The molecule has 3 aromatic rings. The standard InChI is InChI=1S/C15H12N4O/c1-19-8-7-18-15(19)14(20)12-4-2-3-11(9-12)13-10-16-5-6-17-13/h2-10H,1H3. The topological polar surface area (TPSA) is 60.7 Å². The van der Waals surface area contributed by atoms with Gasteiger partial charge in [-0.1, -0.05) is 18.2 Å². The number of nitrogens with zero attached hydrogens (tertiary/aromatic N) is 4. The molecule has 5 heteroatoms. The molecule has 2 heterocycles. The molecule has 98 valence electrons. The highest BCUT2D eigenvalue weighted by Gasteiger charge is 2.14. The lowest BCUT2D eigenvalue weighted by molar-refractivity contribution is 0.102. The number of rotatable bonds is 3. The van der Waals surface area contributed by atoms with E-state index < -0.39 is 0 Å². The summed E-state index contributed by atoms with van der Waals surface area (Å²) in [6.45, 7) is 0. The normalized spacial score (nSPS) is 10.4. The summed E-state index contributed by atoms with van der Waals surface area (Å²) in [4.78, 5) is 24.7. The van der Waals surface area contributed by atoms with Crippen LogP contribution in [0.4, 0.5) is 0 Å². The average Bonchev–Trinajstić information content (AvgIpc) is 2.94. The van der Waals surface area contributed by atoms with Gasteiger partial charge in [-0.3, -0.25) is 14.8 Å². The van der Waals surface area contributed by atoms with Crippen LogP contribution in [0, 0.1) is 0 Å². The second-order valence-electron chi connectivity index (χ2n) is 4.36. The summed E-state index contributed by atoms with van der Waals surface area (Å²) in [5.41, 5.74) is 2.18. The fourth-order valence-electron chi connectivity index (χ4n) is 1.98. The van der Waals surface area contributed by atoms with Crippen molar-refractivity contribution in [2.24, 2.45) is 7.05 Å². The molecule has 0 bridgehead atoms. The molecule has 0 unspecified atom stereocenters. The Morgan fingerprint density at radius 3 is 2.75 bits per heavy atom. The van der Waals surface area contributed by atoms with Crippen LogP contribution >= 0.6 is 0 Å². The van der Waals surface area contributed by atoms with Crippen molar-refractivity contribution in [3.8, 4) is 11.3 Å². The fourth-order valence-corrected chi connectivity index (χ4v) is 1.98. The Morgan fingerprint density at radius 1 is 1.15 bits per heavy atom. The summed E-state index contributed by atoms with van der Waals surface area (Å²) in [5.74, 6) is 0.310. The fraction of sp³-hybridized carbons (Fsp3) is 0.0667. The first-order valence-electron chi connectivity index (χ1n) is 6.14. The van der Waals surface area contributed by atoms with Crippen molar-refractivity contribution in [2.45, 2.75) is 0 Å². The van der Waals surface area contributed by atoms with Crippen LogP contribution in [0.25, 0.3) is 11.3 Å². The number of benzene rings is 1. The zero-order chi connectivity index (χ0) is 13.9. The summed E-state index contributed by atoms with van der Waals surface area (Å²) < 4.78 is 1.71. The van der Waals surface area contributed by atoms with Crippen LogP contribution in [0.1, 0.15) is 16.2 Å². The van der Waals surface area contributed by atoms with E-state index in [9.17, 15) is 4.79 Å². The van der Waals surface area contributed by atoms with Gasteiger partial charge in [0.15, 0.2) is 5.82 Å². The van der Waals surface area contributed by atoms with Crippen molar-refractivity contribution < 1.29 is 4.79 Å². The van der Waals surface area contributed by atoms with Crippen LogP contribution in [-0.2, 0) is 7.05 Å². The highest BCUT2D eigenvalue weighted by Crippen LogP contribution is 2.18. The van der Waals surface area contributed by atoms with Gasteiger partial charge in [-0.25, -0.2) is 4.98 Å². The number of carbonyl (C=O) groups is 1. The third-order valence-electron chi connectivity index (χ3n) is 3.01. The molecule has 0 amide bonds. The van der Waals surface area contributed by atoms with Gasteiger partial charge in [0.25, 0.3) is 0 Å². The minimum atomic E-state index is -0.108. The molecule has 1 aromatic carbocycles. The van der Waals surface area contributed by atoms with Gasteiger partial charge in [-0.05, 0) is 6.07 Å². The predicted octanol–water partition coefficient (Wildman–Crippen LogP) is 2.11. The molecule has 0 saturated heterocycles. The number of carbonyl (C=O) groups excluding carboxylic acids is 1. The first-order valence-corrected chi connectivity index (χ1v) is 6.14. The number of aromatic nitrogens is 4.